The second kappa shape index (κ2) is 7.04. The lowest BCUT2D eigenvalue weighted by Crippen LogP contribution is -1.94. The summed E-state index contributed by atoms with van der Waals surface area (Å²) in [5.41, 5.74) is 1.38. The number of hydrogen-bond donors (Lipinski definition) is 0. The van der Waals surface area contributed by atoms with Gasteiger partial charge >= 0.3 is 0 Å². The zero-order valence-electron chi connectivity index (χ0n) is 10.5. The number of nitrogens with zero attached hydrogens (tertiary/aromatic N) is 1. The lowest BCUT2D eigenvalue weighted by Gasteiger charge is -2.10. The van der Waals surface area contributed by atoms with E-state index in [9.17, 15) is 0 Å². The molecule has 0 aliphatic rings. The number of rotatable bonds is 5. The molecule has 0 saturated heterocycles. The molecule has 4 nitrogen and oxygen atoms in total. The van der Waals surface area contributed by atoms with Gasteiger partial charge in [-0.2, -0.15) is 5.26 Å². The van der Waals surface area contributed by atoms with Gasteiger partial charge in [0, 0.05) is 7.11 Å². The summed E-state index contributed by atoms with van der Waals surface area (Å²) in [6.45, 7) is 0.280. The molecule has 0 radical (unpaired) electrons. The van der Waals surface area contributed by atoms with Crippen molar-refractivity contribution in [1.29, 1.82) is 5.26 Å². The van der Waals surface area contributed by atoms with Gasteiger partial charge in [0.2, 0.25) is 0 Å². The largest absolute Gasteiger partial charge is 0.493 e. The molecule has 0 fully saturated rings. The first-order valence-electron chi connectivity index (χ1n) is 5.17. The molecule has 0 bridgehead atoms. The van der Waals surface area contributed by atoms with Crippen molar-refractivity contribution in [3.63, 3.8) is 0 Å². The third kappa shape index (κ3) is 3.49. The highest BCUT2D eigenvalue weighted by Crippen LogP contribution is 2.36. The van der Waals surface area contributed by atoms with E-state index in [0.717, 1.165) is 10.0 Å². The highest BCUT2D eigenvalue weighted by atomic mass is 79.9. The Morgan fingerprint density at radius 3 is 2.56 bits per heavy atom. The Hall–Kier alpha value is -1.51. The van der Waals surface area contributed by atoms with Gasteiger partial charge < -0.3 is 14.2 Å². The van der Waals surface area contributed by atoms with Gasteiger partial charge in [-0.15, -0.1) is 0 Å². The van der Waals surface area contributed by atoms with E-state index >= 15 is 0 Å². The van der Waals surface area contributed by atoms with Crippen molar-refractivity contribution < 1.29 is 14.2 Å². The van der Waals surface area contributed by atoms with Gasteiger partial charge in [-0.3, -0.25) is 0 Å². The number of benzene rings is 1. The Kier molecular flexibility index (Phi) is 5.69. The summed E-state index contributed by atoms with van der Waals surface area (Å²) in [6.07, 6.45) is 1.75. The number of ether oxygens (including phenoxy) is 3. The summed E-state index contributed by atoms with van der Waals surface area (Å²) in [7, 11) is 4.69. The Bertz CT molecular complexity index is 492. The molecule has 0 saturated carbocycles. The third-order valence-corrected chi connectivity index (χ3v) is 2.83. The SMILES string of the molecule is COCC(C#N)=Cc1cc(Br)c(OC)c(OC)c1. The minimum atomic E-state index is 0.280. The van der Waals surface area contributed by atoms with E-state index in [2.05, 4.69) is 22.0 Å². The molecule has 1 rings (SSSR count). The fraction of sp³-hybridized carbons (Fsp3) is 0.308. The van der Waals surface area contributed by atoms with Gasteiger partial charge in [0.25, 0.3) is 0 Å². The van der Waals surface area contributed by atoms with Gasteiger partial charge in [-0.05, 0) is 39.7 Å². The first kappa shape index (κ1) is 14.6. The van der Waals surface area contributed by atoms with Crippen LogP contribution in [0.4, 0.5) is 0 Å². The van der Waals surface area contributed by atoms with Crippen LogP contribution in [-0.2, 0) is 4.74 Å². The topological polar surface area (TPSA) is 51.5 Å². The maximum absolute atomic E-state index is 8.95. The quantitative estimate of drug-likeness (QED) is 0.784. The number of nitriles is 1. The van der Waals surface area contributed by atoms with Crippen LogP contribution in [-0.4, -0.2) is 27.9 Å². The average molecular weight is 312 g/mol. The van der Waals surface area contributed by atoms with Crippen LogP contribution in [0.25, 0.3) is 6.08 Å². The van der Waals surface area contributed by atoms with Crippen LogP contribution in [0.3, 0.4) is 0 Å². The molecule has 1 aromatic rings. The molecule has 0 spiro atoms. The Morgan fingerprint density at radius 2 is 2.06 bits per heavy atom. The zero-order valence-corrected chi connectivity index (χ0v) is 12.1. The van der Waals surface area contributed by atoms with Crippen molar-refractivity contribution in [3.8, 4) is 17.6 Å². The predicted octanol–water partition coefficient (Wildman–Crippen LogP) is 3.02. The molecular formula is C13H14BrNO3. The van der Waals surface area contributed by atoms with E-state index in [-0.39, 0.29) is 6.61 Å². The van der Waals surface area contributed by atoms with Crippen molar-refractivity contribution >= 4 is 22.0 Å². The lowest BCUT2D eigenvalue weighted by molar-refractivity contribution is 0.229. The van der Waals surface area contributed by atoms with Gasteiger partial charge in [-0.1, -0.05) is 0 Å². The molecule has 0 aliphatic carbocycles. The van der Waals surface area contributed by atoms with Crippen molar-refractivity contribution in [1.82, 2.24) is 0 Å². The molecule has 0 amide bonds. The van der Waals surface area contributed by atoms with Crippen LogP contribution in [0.15, 0.2) is 22.2 Å². The molecule has 0 atom stereocenters. The van der Waals surface area contributed by atoms with Gasteiger partial charge in [0.05, 0.1) is 36.9 Å². The molecule has 18 heavy (non-hydrogen) atoms. The maximum Gasteiger partial charge on any atom is 0.174 e. The monoisotopic (exact) mass is 311 g/mol. The summed E-state index contributed by atoms with van der Waals surface area (Å²) < 4.78 is 16.2. The smallest absolute Gasteiger partial charge is 0.174 e. The van der Waals surface area contributed by atoms with Crippen LogP contribution in [0.1, 0.15) is 5.56 Å². The van der Waals surface area contributed by atoms with Crippen LogP contribution in [0.5, 0.6) is 11.5 Å². The molecule has 0 aromatic heterocycles. The molecule has 0 N–H and O–H groups in total. The second-order valence-corrected chi connectivity index (χ2v) is 4.31. The van der Waals surface area contributed by atoms with Crippen molar-refractivity contribution in [2.75, 3.05) is 27.9 Å². The van der Waals surface area contributed by atoms with E-state index in [4.69, 9.17) is 19.5 Å². The average Bonchev–Trinajstić information content (AvgIpc) is 2.37. The van der Waals surface area contributed by atoms with Gasteiger partial charge in [0.15, 0.2) is 11.5 Å². The third-order valence-electron chi connectivity index (χ3n) is 2.24. The highest BCUT2D eigenvalue weighted by molar-refractivity contribution is 9.10. The standard InChI is InChI=1S/C13H14BrNO3/c1-16-8-10(7-15)4-9-5-11(14)13(18-3)12(6-9)17-2/h4-6H,8H2,1-3H3. The fourth-order valence-corrected chi connectivity index (χ4v) is 2.11. The molecule has 0 aliphatic heterocycles. The molecule has 96 valence electrons. The minimum Gasteiger partial charge on any atom is -0.493 e. The second-order valence-electron chi connectivity index (χ2n) is 3.45. The number of hydrogen-bond acceptors (Lipinski definition) is 4. The van der Waals surface area contributed by atoms with Crippen molar-refractivity contribution in [2.24, 2.45) is 0 Å². The minimum absolute atomic E-state index is 0.280. The van der Waals surface area contributed by atoms with Crippen LogP contribution < -0.4 is 9.47 Å². The maximum atomic E-state index is 8.95. The summed E-state index contributed by atoms with van der Waals surface area (Å²) in [6, 6.07) is 5.74. The molecule has 0 unspecified atom stereocenters. The Balaban J connectivity index is 3.20. The normalized spacial score (nSPS) is 10.9. The van der Waals surface area contributed by atoms with Crippen LogP contribution >= 0.6 is 15.9 Å². The fourth-order valence-electron chi connectivity index (χ4n) is 1.48. The molecule has 1 aromatic carbocycles. The highest BCUT2D eigenvalue weighted by Gasteiger charge is 2.10. The first-order chi connectivity index (χ1) is 8.65. The van der Waals surface area contributed by atoms with Gasteiger partial charge in [0.1, 0.15) is 0 Å². The lowest BCUT2D eigenvalue weighted by atomic mass is 10.1. The summed E-state index contributed by atoms with van der Waals surface area (Å²) in [4.78, 5) is 0. The van der Waals surface area contributed by atoms with E-state index in [1.54, 1.807) is 33.5 Å². The summed E-state index contributed by atoms with van der Waals surface area (Å²) >= 11 is 3.40. The van der Waals surface area contributed by atoms with E-state index in [1.165, 1.54) is 0 Å². The zero-order chi connectivity index (χ0) is 13.5. The first-order valence-corrected chi connectivity index (χ1v) is 5.96. The molecule has 0 heterocycles. The van der Waals surface area contributed by atoms with E-state index in [1.807, 2.05) is 6.07 Å². The number of halogens is 1. The molecule has 5 heteroatoms. The van der Waals surface area contributed by atoms with Crippen molar-refractivity contribution in [3.05, 3.63) is 27.7 Å². The summed E-state index contributed by atoms with van der Waals surface area (Å²) in [5.74, 6) is 1.23. The molecular weight excluding hydrogens is 298 g/mol. The van der Waals surface area contributed by atoms with Crippen LogP contribution in [0.2, 0.25) is 0 Å². The van der Waals surface area contributed by atoms with Crippen LogP contribution in [0, 0.1) is 11.3 Å². The summed E-state index contributed by atoms with van der Waals surface area (Å²) in [5, 5.41) is 8.95. The predicted molar refractivity (Wildman–Crippen MR) is 72.7 cm³/mol. The number of methoxy groups -OCH3 is 3. The van der Waals surface area contributed by atoms with E-state index in [0.29, 0.717) is 17.1 Å². The van der Waals surface area contributed by atoms with Crippen molar-refractivity contribution in [2.45, 2.75) is 0 Å². The Labute approximate surface area is 115 Å². The van der Waals surface area contributed by atoms with E-state index < -0.39 is 0 Å². The Morgan fingerprint density at radius 1 is 1.33 bits per heavy atom. The van der Waals surface area contributed by atoms with Gasteiger partial charge in [-0.25, -0.2) is 0 Å².